The maximum atomic E-state index is 12.4. The van der Waals surface area contributed by atoms with Crippen molar-refractivity contribution in [1.29, 1.82) is 0 Å². The molecular formula is C20H19NO7. The van der Waals surface area contributed by atoms with E-state index >= 15 is 0 Å². The lowest BCUT2D eigenvalue weighted by Gasteiger charge is -2.07. The van der Waals surface area contributed by atoms with Crippen molar-refractivity contribution in [3.8, 4) is 5.75 Å². The molecule has 8 nitrogen and oxygen atoms in total. The van der Waals surface area contributed by atoms with Gasteiger partial charge >= 0.3 is 5.97 Å². The van der Waals surface area contributed by atoms with E-state index in [1.807, 2.05) is 0 Å². The standard InChI is InChI=1S/C20H19NO7/c1-13-19(20(22)26-10-9-25-2)17-11-16(7-8-18(17)28-13)27-12-14-3-5-15(6-4-14)21(23)24/h3-8,11H,9-10,12H2,1-2H3. The predicted octanol–water partition coefficient (Wildman–Crippen LogP) is 4.03. The van der Waals surface area contributed by atoms with Gasteiger partial charge in [-0.1, -0.05) is 0 Å². The highest BCUT2D eigenvalue weighted by Crippen LogP contribution is 2.30. The monoisotopic (exact) mass is 385 g/mol. The van der Waals surface area contributed by atoms with E-state index in [4.69, 9.17) is 18.6 Å². The highest BCUT2D eigenvalue weighted by atomic mass is 16.6. The van der Waals surface area contributed by atoms with Gasteiger partial charge < -0.3 is 18.6 Å². The fourth-order valence-electron chi connectivity index (χ4n) is 2.71. The Morgan fingerprint density at radius 3 is 2.57 bits per heavy atom. The van der Waals surface area contributed by atoms with E-state index in [-0.39, 0.29) is 18.9 Å². The van der Waals surface area contributed by atoms with Gasteiger partial charge in [-0.2, -0.15) is 0 Å². The van der Waals surface area contributed by atoms with Crippen LogP contribution in [0.1, 0.15) is 21.7 Å². The van der Waals surface area contributed by atoms with Crippen LogP contribution in [0.4, 0.5) is 5.69 Å². The summed E-state index contributed by atoms with van der Waals surface area (Å²) < 4.78 is 21.5. The topological polar surface area (TPSA) is 101 Å². The molecule has 0 fully saturated rings. The van der Waals surface area contributed by atoms with Crippen LogP contribution in [0.25, 0.3) is 11.0 Å². The molecule has 2 aromatic carbocycles. The number of fused-ring (bicyclic) bond motifs is 1. The molecule has 0 bridgehead atoms. The molecule has 8 heteroatoms. The lowest BCUT2D eigenvalue weighted by molar-refractivity contribution is -0.384. The Morgan fingerprint density at radius 1 is 1.14 bits per heavy atom. The summed E-state index contributed by atoms with van der Waals surface area (Å²) in [6.07, 6.45) is 0. The first-order valence-corrected chi connectivity index (χ1v) is 8.55. The lowest BCUT2D eigenvalue weighted by Crippen LogP contribution is -2.10. The number of nitro groups is 1. The van der Waals surface area contributed by atoms with Crippen molar-refractivity contribution in [2.45, 2.75) is 13.5 Å². The second-order valence-corrected chi connectivity index (χ2v) is 6.03. The number of hydrogen-bond donors (Lipinski definition) is 0. The summed E-state index contributed by atoms with van der Waals surface area (Å²) in [5.74, 6) is 0.517. The second-order valence-electron chi connectivity index (χ2n) is 6.03. The number of nitrogens with zero attached hydrogens (tertiary/aromatic N) is 1. The lowest BCUT2D eigenvalue weighted by atomic mass is 10.1. The Labute approximate surface area is 160 Å². The summed E-state index contributed by atoms with van der Waals surface area (Å²) in [4.78, 5) is 22.6. The van der Waals surface area contributed by atoms with Crippen LogP contribution in [0.15, 0.2) is 46.9 Å². The first-order chi connectivity index (χ1) is 13.5. The van der Waals surface area contributed by atoms with E-state index in [0.717, 1.165) is 5.56 Å². The Bertz CT molecular complexity index is 992. The number of benzene rings is 2. The molecule has 0 saturated heterocycles. The van der Waals surface area contributed by atoms with E-state index < -0.39 is 10.9 Å². The second kappa shape index (κ2) is 8.53. The zero-order valence-electron chi connectivity index (χ0n) is 15.5. The average Bonchev–Trinajstić information content (AvgIpc) is 3.01. The van der Waals surface area contributed by atoms with Gasteiger partial charge in [-0.3, -0.25) is 10.1 Å². The number of esters is 1. The van der Waals surface area contributed by atoms with Crippen LogP contribution in [0.3, 0.4) is 0 Å². The van der Waals surface area contributed by atoms with Crippen molar-refractivity contribution in [2.75, 3.05) is 20.3 Å². The minimum Gasteiger partial charge on any atom is -0.489 e. The van der Waals surface area contributed by atoms with Crippen molar-refractivity contribution >= 4 is 22.6 Å². The number of carbonyl (C=O) groups excluding carboxylic acids is 1. The number of ether oxygens (including phenoxy) is 3. The van der Waals surface area contributed by atoms with Gasteiger partial charge in [0.2, 0.25) is 0 Å². The van der Waals surface area contributed by atoms with Crippen LogP contribution >= 0.6 is 0 Å². The van der Waals surface area contributed by atoms with Gasteiger partial charge in [0.25, 0.3) is 5.69 Å². The highest BCUT2D eigenvalue weighted by Gasteiger charge is 2.20. The predicted molar refractivity (Wildman–Crippen MR) is 101 cm³/mol. The molecule has 0 aliphatic heterocycles. The number of non-ortho nitro benzene ring substituents is 1. The molecule has 1 heterocycles. The van der Waals surface area contributed by atoms with Gasteiger partial charge in [-0.05, 0) is 42.8 Å². The number of carbonyl (C=O) groups is 1. The Kier molecular flexibility index (Phi) is 5.90. The molecule has 0 amide bonds. The van der Waals surface area contributed by atoms with Gasteiger partial charge in [0, 0.05) is 24.6 Å². The van der Waals surface area contributed by atoms with Crippen LogP contribution < -0.4 is 4.74 Å². The maximum Gasteiger partial charge on any atom is 0.342 e. The molecule has 28 heavy (non-hydrogen) atoms. The summed E-state index contributed by atoms with van der Waals surface area (Å²) in [5, 5.41) is 11.3. The fourth-order valence-corrected chi connectivity index (χ4v) is 2.71. The van der Waals surface area contributed by atoms with E-state index in [9.17, 15) is 14.9 Å². The van der Waals surface area contributed by atoms with Crippen molar-refractivity contribution in [2.24, 2.45) is 0 Å². The Hall–Kier alpha value is -3.39. The molecule has 0 saturated carbocycles. The number of rotatable bonds is 8. The maximum absolute atomic E-state index is 12.4. The van der Waals surface area contributed by atoms with E-state index in [1.165, 1.54) is 19.2 Å². The Morgan fingerprint density at radius 2 is 1.89 bits per heavy atom. The average molecular weight is 385 g/mol. The third-order valence-electron chi connectivity index (χ3n) is 4.11. The number of nitro benzene ring substituents is 1. The largest absolute Gasteiger partial charge is 0.489 e. The van der Waals surface area contributed by atoms with Crippen LogP contribution in [-0.2, 0) is 16.1 Å². The Balaban J connectivity index is 1.76. The third-order valence-corrected chi connectivity index (χ3v) is 4.11. The molecule has 0 spiro atoms. The quantitative estimate of drug-likeness (QED) is 0.250. The number of furan rings is 1. The van der Waals surface area contributed by atoms with Crippen molar-refractivity contribution in [3.05, 3.63) is 69.5 Å². The molecule has 3 rings (SSSR count). The summed E-state index contributed by atoms with van der Waals surface area (Å²) in [5.41, 5.74) is 1.72. The molecule has 0 unspecified atom stereocenters. The molecule has 146 valence electrons. The summed E-state index contributed by atoms with van der Waals surface area (Å²) >= 11 is 0. The van der Waals surface area contributed by atoms with Crippen molar-refractivity contribution in [3.63, 3.8) is 0 Å². The molecule has 1 aromatic heterocycles. The molecule has 0 aliphatic carbocycles. The number of aryl methyl sites for hydroxylation is 1. The van der Waals surface area contributed by atoms with Gasteiger partial charge in [0.15, 0.2) is 0 Å². The fraction of sp³-hybridized carbons (Fsp3) is 0.250. The van der Waals surface area contributed by atoms with Gasteiger partial charge in [0.05, 0.1) is 11.5 Å². The van der Waals surface area contributed by atoms with E-state index in [0.29, 0.717) is 34.6 Å². The number of methoxy groups -OCH3 is 1. The van der Waals surface area contributed by atoms with Gasteiger partial charge in [0.1, 0.15) is 35.9 Å². The minimum atomic E-state index is -0.485. The van der Waals surface area contributed by atoms with Gasteiger partial charge in [-0.15, -0.1) is 0 Å². The minimum absolute atomic E-state index is 0.0238. The van der Waals surface area contributed by atoms with Crippen molar-refractivity contribution < 1.29 is 28.3 Å². The zero-order chi connectivity index (χ0) is 20.1. The third kappa shape index (κ3) is 4.29. The molecule has 0 radical (unpaired) electrons. The number of hydrogen-bond acceptors (Lipinski definition) is 7. The van der Waals surface area contributed by atoms with E-state index in [1.54, 1.807) is 37.3 Å². The zero-order valence-corrected chi connectivity index (χ0v) is 15.5. The van der Waals surface area contributed by atoms with Crippen LogP contribution in [-0.4, -0.2) is 31.2 Å². The first-order valence-electron chi connectivity index (χ1n) is 8.55. The summed E-state index contributed by atoms with van der Waals surface area (Å²) in [6, 6.07) is 11.3. The molecule has 0 atom stereocenters. The summed E-state index contributed by atoms with van der Waals surface area (Å²) in [7, 11) is 1.53. The SMILES string of the molecule is COCCOC(=O)c1c(C)oc2ccc(OCc3ccc([N+](=O)[O-])cc3)cc12. The first kappa shape index (κ1) is 19.4. The normalized spacial score (nSPS) is 10.8. The molecule has 0 N–H and O–H groups in total. The molecule has 0 aliphatic rings. The van der Waals surface area contributed by atoms with Crippen LogP contribution in [0.5, 0.6) is 5.75 Å². The molecular weight excluding hydrogens is 366 g/mol. The van der Waals surface area contributed by atoms with E-state index in [2.05, 4.69) is 0 Å². The highest BCUT2D eigenvalue weighted by molar-refractivity contribution is 6.04. The summed E-state index contributed by atoms with van der Waals surface area (Å²) in [6.45, 7) is 2.39. The molecule has 3 aromatic rings. The van der Waals surface area contributed by atoms with Gasteiger partial charge in [-0.25, -0.2) is 4.79 Å². The van der Waals surface area contributed by atoms with Crippen LogP contribution in [0, 0.1) is 17.0 Å². The smallest absolute Gasteiger partial charge is 0.342 e. The van der Waals surface area contributed by atoms with Crippen LogP contribution in [0.2, 0.25) is 0 Å². The van der Waals surface area contributed by atoms with Crippen molar-refractivity contribution in [1.82, 2.24) is 0 Å².